The van der Waals surface area contributed by atoms with Gasteiger partial charge in [0.1, 0.15) is 5.82 Å². The van der Waals surface area contributed by atoms with Crippen molar-refractivity contribution in [1.29, 1.82) is 0 Å². The summed E-state index contributed by atoms with van der Waals surface area (Å²) in [7, 11) is 0. The Morgan fingerprint density at radius 1 is 1.29 bits per heavy atom. The predicted octanol–water partition coefficient (Wildman–Crippen LogP) is 1.69. The average molecular weight is 194 g/mol. The van der Waals surface area contributed by atoms with Crippen LogP contribution in [0.1, 0.15) is 26.7 Å². The fourth-order valence-corrected chi connectivity index (χ4v) is 1.46. The molecule has 1 aromatic rings. The first-order valence-electron chi connectivity index (χ1n) is 5.11. The second-order valence-corrected chi connectivity index (χ2v) is 3.33. The third-order valence-electron chi connectivity index (χ3n) is 2.01. The first-order chi connectivity index (χ1) is 6.77. The summed E-state index contributed by atoms with van der Waals surface area (Å²) in [5.74, 6) is 0.486. The standard InChI is InChI=1S/C10H18N4/c1-3-5-14(6-4-2)9-7-10(11)13-12-8-9/h7-8H,3-6H2,1-2H3,(H2,11,13). The van der Waals surface area contributed by atoms with Crippen LogP contribution < -0.4 is 10.6 Å². The minimum Gasteiger partial charge on any atom is -0.382 e. The minimum atomic E-state index is 0.486. The zero-order valence-corrected chi connectivity index (χ0v) is 8.90. The van der Waals surface area contributed by atoms with Crippen molar-refractivity contribution in [2.75, 3.05) is 23.7 Å². The van der Waals surface area contributed by atoms with Gasteiger partial charge in [-0.2, -0.15) is 5.10 Å². The van der Waals surface area contributed by atoms with Gasteiger partial charge in [0, 0.05) is 19.2 Å². The SMILES string of the molecule is CCCN(CCC)c1cnnc(N)c1. The summed E-state index contributed by atoms with van der Waals surface area (Å²) >= 11 is 0. The smallest absolute Gasteiger partial charge is 0.148 e. The number of hydrogen-bond acceptors (Lipinski definition) is 4. The molecule has 1 rings (SSSR count). The van der Waals surface area contributed by atoms with Crippen molar-refractivity contribution in [3.8, 4) is 0 Å². The number of aromatic nitrogens is 2. The van der Waals surface area contributed by atoms with Crippen LogP contribution >= 0.6 is 0 Å². The molecular formula is C10H18N4. The highest BCUT2D eigenvalue weighted by atomic mass is 15.2. The van der Waals surface area contributed by atoms with Gasteiger partial charge in [-0.15, -0.1) is 5.10 Å². The molecule has 0 radical (unpaired) electrons. The molecule has 0 amide bonds. The fourth-order valence-electron chi connectivity index (χ4n) is 1.46. The summed E-state index contributed by atoms with van der Waals surface area (Å²) in [5, 5.41) is 7.60. The van der Waals surface area contributed by atoms with Gasteiger partial charge >= 0.3 is 0 Å². The summed E-state index contributed by atoms with van der Waals surface area (Å²) in [4.78, 5) is 2.28. The van der Waals surface area contributed by atoms with Crippen LogP contribution in [0.15, 0.2) is 12.3 Å². The molecule has 1 aromatic heterocycles. The third kappa shape index (κ3) is 2.87. The van der Waals surface area contributed by atoms with Gasteiger partial charge in [-0.05, 0) is 12.8 Å². The normalized spacial score (nSPS) is 10.1. The Balaban J connectivity index is 2.75. The van der Waals surface area contributed by atoms with E-state index < -0.39 is 0 Å². The molecule has 2 N–H and O–H groups in total. The fraction of sp³-hybridized carbons (Fsp3) is 0.600. The van der Waals surface area contributed by atoms with Crippen molar-refractivity contribution in [2.45, 2.75) is 26.7 Å². The van der Waals surface area contributed by atoms with E-state index in [2.05, 4.69) is 28.9 Å². The second kappa shape index (κ2) is 5.42. The Hall–Kier alpha value is -1.32. The molecule has 0 aliphatic carbocycles. The maximum Gasteiger partial charge on any atom is 0.148 e. The van der Waals surface area contributed by atoms with Crippen LogP contribution in [0.5, 0.6) is 0 Å². The Kier molecular flexibility index (Phi) is 4.16. The molecule has 0 aromatic carbocycles. The maximum atomic E-state index is 5.59. The highest BCUT2D eigenvalue weighted by Crippen LogP contribution is 2.14. The summed E-state index contributed by atoms with van der Waals surface area (Å²) in [6.45, 7) is 6.42. The van der Waals surface area contributed by atoms with E-state index in [0.717, 1.165) is 31.6 Å². The molecule has 4 heteroatoms. The Morgan fingerprint density at radius 2 is 1.93 bits per heavy atom. The Morgan fingerprint density at radius 3 is 2.43 bits per heavy atom. The number of anilines is 2. The van der Waals surface area contributed by atoms with Gasteiger partial charge in [0.2, 0.25) is 0 Å². The van der Waals surface area contributed by atoms with E-state index >= 15 is 0 Å². The molecule has 0 atom stereocenters. The maximum absolute atomic E-state index is 5.59. The second-order valence-electron chi connectivity index (χ2n) is 3.33. The van der Waals surface area contributed by atoms with E-state index in [4.69, 9.17) is 5.73 Å². The molecular weight excluding hydrogens is 176 g/mol. The van der Waals surface area contributed by atoms with Crippen molar-refractivity contribution < 1.29 is 0 Å². The lowest BCUT2D eigenvalue weighted by atomic mass is 10.3. The zero-order chi connectivity index (χ0) is 10.4. The minimum absolute atomic E-state index is 0.486. The van der Waals surface area contributed by atoms with Gasteiger partial charge in [-0.3, -0.25) is 0 Å². The van der Waals surface area contributed by atoms with Crippen LogP contribution in [-0.4, -0.2) is 23.3 Å². The van der Waals surface area contributed by atoms with Gasteiger partial charge < -0.3 is 10.6 Å². The van der Waals surface area contributed by atoms with E-state index in [9.17, 15) is 0 Å². The molecule has 0 saturated carbocycles. The average Bonchev–Trinajstić information content (AvgIpc) is 2.17. The number of nitrogen functional groups attached to an aromatic ring is 1. The van der Waals surface area contributed by atoms with Gasteiger partial charge in [-0.1, -0.05) is 13.8 Å². The summed E-state index contributed by atoms with van der Waals surface area (Å²) < 4.78 is 0. The van der Waals surface area contributed by atoms with E-state index in [0.29, 0.717) is 5.82 Å². The summed E-state index contributed by atoms with van der Waals surface area (Å²) in [5.41, 5.74) is 6.66. The van der Waals surface area contributed by atoms with Gasteiger partial charge in [-0.25, -0.2) is 0 Å². The lowest BCUT2D eigenvalue weighted by Gasteiger charge is -2.23. The molecule has 1 heterocycles. The lowest BCUT2D eigenvalue weighted by molar-refractivity contribution is 0.741. The van der Waals surface area contributed by atoms with Crippen LogP contribution in [0.3, 0.4) is 0 Å². The molecule has 78 valence electrons. The number of rotatable bonds is 5. The van der Waals surface area contributed by atoms with Crippen LogP contribution in [0.25, 0.3) is 0 Å². The van der Waals surface area contributed by atoms with Crippen molar-refractivity contribution >= 4 is 11.5 Å². The van der Waals surface area contributed by atoms with Gasteiger partial charge in [0.25, 0.3) is 0 Å². The van der Waals surface area contributed by atoms with E-state index in [-0.39, 0.29) is 0 Å². The van der Waals surface area contributed by atoms with Crippen LogP contribution in [0, 0.1) is 0 Å². The lowest BCUT2D eigenvalue weighted by Crippen LogP contribution is -2.25. The van der Waals surface area contributed by atoms with Crippen molar-refractivity contribution in [3.05, 3.63) is 12.3 Å². The molecule has 0 aliphatic rings. The van der Waals surface area contributed by atoms with Gasteiger partial charge in [0.05, 0.1) is 11.9 Å². The van der Waals surface area contributed by atoms with Gasteiger partial charge in [0.15, 0.2) is 0 Å². The van der Waals surface area contributed by atoms with Crippen molar-refractivity contribution in [1.82, 2.24) is 10.2 Å². The molecule has 0 fully saturated rings. The summed E-state index contributed by atoms with van der Waals surface area (Å²) in [6, 6.07) is 1.87. The first-order valence-corrected chi connectivity index (χ1v) is 5.11. The monoisotopic (exact) mass is 194 g/mol. The van der Waals surface area contributed by atoms with Crippen LogP contribution in [-0.2, 0) is 0 Å². The molecule has 4 nitrogen and oxygen atoms in total. The number of nitrogens with two attached hydrogens (primary N) is 1. The first kappa shape index (κ1) is 10.8. The van der Waals surface area contributed by atoms with Crippen LogP contribution in [0.2, 0.25) is 0 Å². The third-order valence-corrected chi connectivity index (χ3v) is 2.01. The molecule has 0 spiro atoms. The molecule has 0 unspecified atom stereocenters. The predicted molar refractivity (Wildman–Crippen MR) is 59.2 cm³/mol. The van der Waals surface area contributed by atoms with E-state index in [1.807, 2.05) is 6.07 Å². The van der Waals surface area contributed by atoms with Crippen LogP contribution in [0.4, 0.5) is 11.5 Å². The Bertz CT molecular complexity index is 269. The highest BCUT2D eigenvalue weighted by molar-refractivity contribution is 5.49. The molecule has 0 bridgehead atoms. The largest absolute Gasteiger partial charge is 0.382 e. The molecule has 0 aliphatic heterocycles. The van der Waals surface area contributed by atoms with Crippen molar-refractivity contribution in [2.24, 2.45) is 0 Å². The topological polar surface area (TPSA) is 55.0 Å². The van der Waals surface area contributed by atoms with E-state index in [1.54, 1.807) is 6.20 Å². The number of nitrogens with zero attached hydrogens (tertiary/aromatic N) is 3. The Labute approximate surface area is 85.1 Å². The molecule has 0 saturated heterocycles. The van der Waals surface area contributed by atoms with E-state index in [1.165, 1.54) is 0 Å². The molecule has 14 heavy (non-hydrogen) atoms. The summed E-state index contributed by atoms with van der Waals surface area (Å²) in [6.07, 6.45) is 4.02. The zero-order valence-electron chi connectivity index (χ0n) is 8.90. The quantitative estimate of drug-likeness (QED) is 0.775. The highest BCUT2D eigenvalue weighted by Gasteiger charge is 2.04. The van der Waals surface area contributed by atoms with Crippen molar-refractivity contribution in [3.63, 3.8) is 0 Å². The number of hydrogen-bond donors (Lipinski definition) is 1.